The molecule has 0 spiro atoms. The van der Waals surface area contributed by atoms with E-state index in [2.05, 4.69) is 21.2 Å². The zero-order valence-corrected chi connectivity index (χ0v) is 14.6. The normalized spacial score (nSPS) is 12.4. The van der Waals surface area contributed by atoms with Gasteiger partial charge in [-0.15, -0.1) is 0 Å². The lowest BCUT2D eigenvalue weighted by Crippen LogP contribution is -2.23. The van der Waals surface area contributed by atoms with E-state index in [0.717, 1.165) is 16.6 Å². The summed E-state index contributed by atoms with van der Waals surface area (Å²) in [6.45, 7) is 2.77. The molecule has 0 radical (unpaired) electrons. The van der Waals surface area contributed by atoms with E-state index >= 15 is 0 Å². The molecule has 0 bridgehead atoms. The molecule has 0 saturated heterocycles. The Balaban J connectivity index is 2.35. The highest BCUT2D eigenvalue weighted by Crippen LogP contribution is 2.30. The first-order chi connectivity index (χ1) is 10.0. The first-order valence-corrected chi connectivity index (χ1v) is 8.18. The maximum atomic E-state index is 13.9. The first-order valence-electron chi connectivity index (χ1n) is 6.63. The van der Waals surface area contributed by atoms with Crippen molar-refractivity contribution in [2.45, 2.75) is 19.4 Å². The van der Waals surface area contributed by atoms with Crippen LogP contribution < -0.4 is 5.32 Å². The van der Waals surface area contributed by atoms with E-state index in [1.165, 1.54) is 6.07 Å². The summed E-state index contributed by atoms with van der Waals surface area (Å²) < 4.78 is 14.9. The van der Waals surface area contributed by atoms with Crippen LogP contribution in [0, 0.1) is 5.82 Å². The van der Waals surface area contributed by atoms with Crippen molar-refractivity contribution >= 4 is 39.1 Å². The SMILES string of the molecule is CCNC(Cc1cc(Cl)ccc1F)c1cc(Br)ccc1Cl. The number of halogens is 4. The third-order valence-corrected chi connectivity index (χ3v) is 4.29. The lowest BCUT2D eigenvalue weighted by Gasteiger charge is -2.20. The second-order valence-corrected chi connectivity index (χ2v) is 6.48. The highest BCUT2D eigenvalue weighted by atomic mass is 79.9. The number of rotatable bonds is 5. The van der Waals surface area contributed by atoms with Crippen LogP contribution in [0.2, 0.25) is 10.0 Å². The van der Waals surface area contributed by atoms with Crippen molar-refractivity contribution in [2.75, 3.05) is 6.54 Å². The molecule has 1 unspecified atom stereocenters. The molecule has 2 aromatic carbocycles. The van der Waals surface area contributed by atoms with E-state index in [4.69, 9.17) is 23.2 Å². The average molecular weight is 391 g/mol. The van der Waals surface area contributed by atoms with Crippen molar-refractivity contribution in [3.05, 3.63) is 67.9 Å². The predicted octanol–water partition coefficient (Wildman–Crippen LogP) is 5.79. The molecular formula is C16H15BrCl2FN. The summed E-state index contributed by atoms with van der Waals surface area (Å²) >= 11 is 15.7. The van der Waals surface area contributed by atoms with E-state index in [1.54, 1.807) is 12.1 Å². The van der Waals surface area contributed by atoms with Crippen molar-refractivity contribution in [3.8, 4) is 0 Å². The quantitative estimate of drug-likeness (QED) is 0.681. The van der Waals surface area contributed by atoms with Gasteiger partial charge in [0.2, 0.25) is 0 Å². The van der Waals surface area contributed by atoms with Crippen LogP contribution in [0.3, 0.4) is 0 Å². The number of hydrogen-bond donors (Lipinski definition) is 1. The van der Waals surface area contributed by atoms with Crippen LogP contribution in [0.1, 0.15) is 24.1 Å². The third-order valence-electron chi connectivity index (χ3n) is 3.22. The highest BCUT2D eigenvalue weighted by molar-refractivity contribution is 9.10. The summed E-state index contributed by atoms with van der Waals surface area (Å²) in [7, 11) is 0. The van der Waals surface area contributed by atoms with Gasteiger partial charge >= 0.3 is 0 Å². The Hall–Kier alpha value is -0.610. The zero-order chi connectivity index (χ0) is 15.4. The molecule has 1 nitrogen and oxygen atoms in total. The molecule has 112 valence electrons. The van der Waals surface area contributed by atoms with Gasteiger partial charge in [0.15, 0.2) is 0 Å². The van der Waals surface area contributed by atoms with Crippen molar-refractivity contribution < 1.29 is 4.39 Å². The molecule has 0 saturated carbocycles. The van der Waals surface area contributed by atoms with Crippen LogP contribution in [-0.2, 0) is 6.42 Å². The highest BCUT2D eigenvalue weighted by Gasteiger charge is 2.17. The maximum Gasteiger partial charge on any atom is 0.126 e. The average Bonchev–Trinajstić information content (AvgIpc) is 2.45. The summed E-state index contributed by atoms with van der Waals surface area (Å²) in [6.07, 6.45) is 0.483. The van der Waals surface area contributed by atoms with Crippen molar-refractivity contribution in [1.82, 2.24) is 5.32 Å². The summed E-state index contributed by atoms with van der Waals surface area (Å²) in [5.41, 5.74) is 1.51. The fraction of sp³-hybridized carbons (Fsp3) is 0.250. The number of nitrogens with one attached hydrogen (secondary N) is 1. The van der Waals surface area contributed by atoms with Crippen LogP contribution >= 0.6 is 39.1 Å². The Kier molecular flexibility index (Phi) is 6.06. The van der Waals surface area contributed by atoms with Gasteiger partial charge in [0.1, 0.15) is 5.82 Å². The van der Waals surface area contributed by atoms with Crippen LogP contribution in [0.5, 0.6) is 0 Å². The van der Waals surface area contributed by atoms with Gasteiger partial charge in [-0.05, 0) is 60.5 Å². The second-order valence-electron chi connectivity index (χ2n) is 4.72. The number of hydrogen-bond acceptors (Lipinski definition) is 1. The predicted molar refractivity (Wildman–Crippen MR) is 90.7 cm³/mol. The topological polar surface area (TPSA) is 12.0 Å². The molecule has 21 heavy (non-hydrogen) atoms. The van der Waals surface area contributed by atoms with Crippen LogP contribution in [0.25, 0.3) is 0 Å². The summed E-state index contributed by atoms with van der Waals surface area (Å²) in [4.78, 5) is 0. The Morgan fingerprint density at radius 2 is 1.95 bits per heavy atom. The molecule has 0 heterocycles. The number of likely N-dealkylation sites (N-methyl/N-ethyl adjacent to an activating group) is 1. The summed E-state index contributed by atoms with van der Waals surface area (Å²) in [6, 6.07) is 10.2. The van der Waals surface area contributed by atoms with E-state index < -0.39 is 0 Å². The Labute approximate surface area is 142 Å². The zero-order valence-electron chi connectivity index (χ0n) is 11.5. The first kappa shape index (κ1) is 16.8. The minimum atomic E-state index is -0.256. The third kappa shape index (κ3) is 4.43. The van der Waals surface area contributed by atoms with Gasteiger partial charge in [0.25, 0.3) is 0 Å². The molecule has 0 amide bonds. The summed E-state index contributed by atoms with van der Waals surface area (Å²) in [5.74, 6) is -0.256. The van der Waals surface area contributed by atoms with Gasteiger partial charge in [-0.2, -0.15) is 0 Å². The van der Waals surface area contributed by atoms with Gasteiger partial charge in [-0.1, -0.05) is 46.1 Å². The molecule has 0 aromatic heterocycles. The minimum Gasteiger partial charge on any atom is -0.310 e. The van der Waals surface area contributed by atoms with Gasteiger partial charge < -0.3 is 5.32 Å². The van der Waals surface area contributed by atoms with Crippen LogP contribution in [0.15, 0.2) is 40.9 Å². The van der Waals surface area contributed by atoms with Gasteiger partial charge in [-0.25, -0.2) is 4.39 Å². The lowest BCUT2D eigenvalue weighted by molar-refractivity contribution is 0.528. The van der Waals surface area contributed by atoms with Crippen molar-refractivity contribution in [1.29, 1.82) is 0 Å². The van der Waals surface area contributed by atoms with E-state index in [1.807, 2.05) is 25.1 Å². The van der Waals surface area contributed by atoms with Crippen molar-refractivity contribution in [3.63, 3.8) is 0 Å². The van der Waals surface area contributed by atoms with E-state index in [-0.39, 0.29) is 11.9 Å². The Morgan fingerprint density at radius 1 is 1.19 bits per heavy atom. The molecule has 1 atom stereocenters. The second kappa shape index (κ2) is 7.59. The molecular weight excluding hydrogens is 376 g/mol. The van der Waals surface area contributed by atoms with Gasteiger partial charge in [-0.3, -0.25) is 0 Å². The fourth-order valence-electron chi connectivity index (χ4n) is 2.24. The van der Waals surface area contributed by atoms with E-state index in [9.17, 15) is 4.39 Å². The molecule has 0 aliphatic heterocycles. The van der Waals surface area contributed by atoms with Crippen molar-refractivity contribution in [2.24, 2.45) is 0 Å². The standard InChI is InChI=1S/C16H15BrCl2FN/c1-2-21-16(13-9-11(17)3-5-14(13)19)8-10-7-12(18)4-6-15(10)20/h3-7,9,16,21H,2,8H2,1H3. The van der Waals surface area contributed by atoms with Crippen LogP contribution in [0.4, 0.5) is 4.39 Å². The fourth-order valence-corrected chi connectivity index (χ4v) is 3.06. The lowest BCUT2D eigenvalue weighted by atomic mass is 9.98. The molecule has 5 heteroatoms. The largest absolute Gasteiger partial charge is 0.310 e. The Bertz CT molecular complexity index is 634. The number of benzene rings is 2. The minimum absolute atomic E-state index is 0.0760. The molecule has 0 fully saturated rings. The van der Waals surface area contributed by atoms with Gasteiger partial charge in [0, 0.05) is 20.6 Å². The Morgan fingerprint density at radius 3 is 2.67 bits per heavy atom. The van der Waals surface area contributed by atoms with Gasteiger partial charge in [0.05, 0.1) is 0 Å². The van der Waals surface area contributed by atoms with E-state index in [0.29, 0.717) is 22.0 Å². The molecule has 0 aliphatic carbocycles. The molecule has 0 aliphatic rings. The molecule has 1 N–H and O–H groups in total. The molecule has 2 rings (SSSR count). The molecule has 2 aromatic rings. The maximum absolute atomic E-state index is 13.9. The summed E-state index contributed by atoms with van der Waals surface area (Å²) in [5, 5.41) is 4.54. The smallest absolute Gasteiger partial charge is 0.126 e. The monoisotopic (exact) mass is 389 g/mol. The van der Waals surface area contributed by atoms with Crippen LogP contribution in [-0.4, -0.2) is 6.54 Å².